The smallest absolute Gasteiger partial charge is 0.266 e. The third-order valence-electron chi connectivity index (χ3n) is 2.40. The lowest BCUT2D eigenvalue weighted by molar-refractivity contribution is 0.0256. The molecule has 1 aromatic rings. The van der Waals surface area contributed by atoms with E-state index in [4.69, 9.17) is 0 Å². The van der Waals surface area contributed by atoms with Gasteiger partial charge in [-0.25, -0.2) is 13.8 Å². The van der Waals surface area contributed by atoms with E-state index in [9.17, 15) is 13.6 Å². The van der Waals surface area contributed by atoms with Crippen molar-refractivity contribution in [3.05, 3.63) is 23.9 Å². The normalized spacial score (nSPS) is 19.2. The number of alkyl halides is 2. The topological polar surface area (TPSA) is 33.2 Å². The van der Waals surface area contributed by atoms with E-state index in [0.29, 0.717) is 24.2 Å². The Morgan fingerprint density at radius 2 is 2.27 bits per heavy atom. The molecule has 1 fully saturated rings. The molecule has 2 heterocycles. The minimum Gasteiger partial charge on any atom is -0.350 e. The first-order chi connectivity index (χ1) is 7.11. The maximum Gasteiger partial charge on any atom is 0.266 e. The Hall–Kier alpha value is -1.52. The molecule has 0 spiro atoms. The zero-order valence-corrected chi connectivity index (χ0v) is 7.99. The number of aromatic nitrogens is 1. The van der Waals surface area contributed by atoms with Crippen molar-refractivity contribution in [2.45, 2.75) is 12.3 Å². The summed E-state index contributed by atoms with van der Waals surface area (Å²) >= 11 is 0. The van der Waals surface area contributed by atoms with Crippen molar-refractivity contribution in [2.75, 3.05) is 18.0 Å². The van der Waals surface area contributed by atoms with Crippen molar-refractivity contribution in [1.29, 1.82) is 0 Å². The molecule has 3 nitrogen and oxygen atoms in total. The molecule has 0 aromatic carbocycles. The van der Waals surface area contributed by atoms with Gasteiger partial charge in [0.05, 0.1) is 6.54 Å². The standard InChI is InChI=1S/C10H10F2N2O/c11-10(12)3-4-14(7-10)9-2-1-8(6-15)5-13-9/h1-2,5-6H,3-4,7H2. The highest BCUT2D eigenvalue weighted by Gasteiger charge is 2.38. The van der Waals surface area contributed by atoms with Gasteiger partial charge >= 0.3 is 0 Å². The molecule has 1 aliphatic rings. The van der Waals surface area contributed by atoms with Gasteiger partial charge in [0.1, 0.15) is 5.82 Å². The molecule has 80 valence electrons. The summed E-state index contributed by atoms with van der Waals surface area (Å²) in [6, 6.07) is 3.16. The highest BCUT2D eigenvalue weighted by Crippen LogP contribution is 2.29. The summed E-state index contributed by atoms with van der Waals surface area (Å²) < 4.78 is 25.8. The lowest BCUT2D eigenvalue weighted by Gasteiger charge is -2.16. The molecule has 1 saturated heterocycles. The highest BCUT2D eigenvalue weighted by molar-refractivity contribution is 5.74. The van der Waals surface area contributed by atoms with E-state index in [1.54, 1.807) is 12.1 Å². The number of hydrogen-bond donors (Lipinski definition) is 0. The SMILES string of the molecule is O=Cc1ccc(N2CCC(F)(F)C2)nc1. The van der Waals surface area contributed by atoms with Crippen LogP contribution in [0.3, 0.4) is 0 Å². The van der Waals surface area contributed by atoms with Crippen LogP contribution >= 0.6 is 0 Å². The predicted molar refractivity (Wildman–Crippen MR) is 51.4 cm³/mol. The number of aldehydes is 1. The first kappa shape index (κ1) is 10.0. The third kappa shape index (κ3) is 2.11. The first-order valence-corrected chi connectivity index (χ1v) is 4.65. The average molecular weight is 212 g/mol. The molecule has 15 heavy (non-hydrogen) atoms. The van der Waals surface area contributed by atoms with Gasteiger partial charge in [-0.3, -0.25) is 4.79 Å². The molecule has 0 aliphatic carbocycles. The fraction of sp³-hybridized carbons (Fsp3) is 0.400. The van der Waals surface area contributed by atoms with E-state index in [1.165, 1.54) is 11.1 Å². The van der Waals surface area contributed by atoms with Gasteiger partial charge in [0.15, 0.2) is 6.29 Å². The predicted octanol–water partition coefficient (Wildman–Crippen LogP) is 1.74. The van der Waals surface area contributed by atoms with Crippen molar-refractivity contribution >= 4 is 12.1 Å². The molecule has 1 aliphatic heterocycles. The minimum absolute atomic E-state index is 0.135. The summed E-state index contributed by atoms with van der Waals surface area (Å²) in [5, 5.41) is 0. The Labute approximate surface area is 85.7 Å². The van der Waals surface area contributed by atoms with Crippen molar-refractivity contribution in [2.24, 2.45) is 0 Å². The Bertz CT molecular complexity index is 364. The molecule has 0 saturated carbocycles. The van der Waals surface area contributed by atoms with Gasteiger partial charge < -0.3 is 4.90 Å². The molecule has 5 heteroatoms. The summed E-state index contributed by atoms with van der Waals surface area (Å²) in [5.74, 6) is -2.12. The van der Waals surface area contributed by atoms with Gasteiger partial charge in [-0.15, -0.1) is 0 Å². The zero-order chi connectivity index (χ0) is 10.9. The van der Waals surface area contributed by atoms with E-state index in [-0.39, 0.29) is 13.0 Å². The van der Waals surface area contributed by atoms with E-state index in [2.05, 4.69) is 4.98 Å². The molecule has 0 atom stereocenters. The first-order valence-electron chi connectivity index (χ1n) is 4.65. The second-order valence-corrected chi connectivity index (χ2v) is 3.60. The average Bonchev–Trinajstić information content (AvgIpc) is 2.59. The van der Waals surface area contributed by atoms with Crippen molar-refractivity contribution in [3.8, 4) is 0 Å². The second kappa shape index (κ2) is 3.56. The fourth-order valence-electron chi connectivity index (χ4n) is 1.59. The summed E-state index contributed by atoms with van der Waals surface area (Å²) in [7, 11) is 0. The molecule has 0 unspecified atom stereocenters. The van der Waals surface area contributed by atoms with Crippen molar-refractivity contribution < 1.29 is 13.6 Å². The number of pyridine rings is 1. The molecule has 0 N–H and O–H groups in total. The van der Waals surface area contributed by atoms with Crippen molar-refractivity contribution in [3.63, 3.8) is 0 Å². The van der Waals surface area contributed by atoms with Crippen LogP contribution in [-0.4, -0.2) is 30.3 Å². The molecular weight excluding hydrogens is 202 g/mol. The summed E-state index contributed by atoms with van der Waals surface area (Å²) in [4.78, 5) is 15.8. The molecule has 1 aromatic heterocycles. The van der Waals surface area contributed by atoms with Crippen LogP contribution in [0.2, 0.25) is 0 Å². The lowest BCUT2D eigenvalue weighted by atomic mass is 10.3. The van der Waals surface area contributed by atoms with Crippen LogP contribution in [-0.2, 0) is 0 Å². The van der Waals surface area contributed by atoms with E-state index in [0.717, 1.165) is 0 Å². The quantitative estimate of drug-likeness (QED) is 0.700. The van der Waals surface area contributed by atoms with Gasteiger partial charge in [0, 0.05) is 24.7 Å². The van der Waals surface area contributed by atoms with Gasteiger partial charge in [-0.2, -0.15) is 0 Å². The highest BCUT2D eigenvalue weighted by atomic mass is 19.3. The number of carbonyl (C=O) groups excluding carboxylic acids is 1. The minimum atomic E-state index is -2.62. The summed E-state index contributed by atoms with van der Waals surface area (Å²) in [6.45, 7) is 0.0148. The molecular formula is C10H10F2N2O. The largest absolute Gasteiger partial charge is 0.350 e. The monoisotopic (exact) mass is 212 g/mol. The van der Waals surface area contributed by atoms with E-state index < -0.39 is 5.92 Å². The van der Waals surface area contributed by atoms with Crippen LogP contribution in [0.4, 0.5) is 14.6 Å². The number of anilines is 1. The van der Waals surface area contributed by atoms with Crippen LogP contribution < -0.4 is 4.90 Å². The Kier molecular flexibility index (Phi) is 2.38. The summed E-state index contributed by atoms with van der Waals surface area (Å²) in [6.07, 6.45) is 1.93. The number of rotatable bonds is 2. The van der Waals surface area contributed by atoms with Crippen LogP contribution in [0.1, 0.15) is 16.8 Å². The Morgan fingerprint density at radius 3 is 2.73 bits per heavy atom. The van der Waals surface area contributed by atoms with Crippen molar-refractivity contribution in [1.82, 2.24) is 4.98 Å². The fourth-order valence-corrected chi connectivity index (χ4v) is 1.59. The zero-order valence-electron chi connectivity index (χ0n) is 7.99. The number of nitrogens with zero attached hydrogens (tertiary/aromatic N) is 2. The van der Waals surface area contributed by atoms with Gasteiger partial charge in [-0.05, 0) is 12.1 Å². The number of halogens is 2. The molecule has 0 amide bonds. The Balaban J connectivity index is 2.14. The molecule has 0 bridgehead atoms. The Morgan fingerprint density at radius 1 is 1.47 bits per heavy atom. The summed E-state index contributed by atoms with van der Waals surface area (Å²) in [5.41, 5.74) is 0.449. The van der Waals surface area contributed by atoms with Gasteiger partial charge in [0.2, 0.25) is 0 Å². The maximum absolute atomic E-state index is 12.9. The van der Waals surface area contributed by atoms with E-state index >= 15 is 0 Å². The van der Waals surface area contributed by atoms with E-state index in [1.807, 2.05) is 0 Å². The van der Waals surface area contributed by atoms with Crippen LogP contribution in [0, 0.1) is 0 Å². The molecule has 0 radical (unpaired) electrons. The lowest BCUT2D eigenvalue weighted by Crippen LogP contribution is -2.25. The van der Waals surface area contributed by atoms with Crippen LogP contribution in [0.5, 0.6) is 0 Å². The number of hydrogen-bond acceptors (Lipinski definition) is 3. The molecule has 2 rings (SSSR count). The maximum atomic E-state index is 12.9. The van der Waals surface area contributed by atoms with Gasteiger partial charge in [0.25, 0.3) is 5.92 Å². The van der Waals surface area contributed by atoms with Gasteiger partial charge in [-0.1, -0.05) is 0 Å². The van der Waals surface area contributed by atoms with Crippen LogP contribution in [0.15, 0.2) is 18.3 Å². The second-order valence-electron chi connectivity index (χ2n) is 3.60. The van der Waals surface area contributed by atoms with Crippen LogP contribution in [0.25, 0.3) is 0 Å². The third-order valence-corrected chi connectivity index (χ3v) is 2.40. The number of carbonyl (C=O) groups is 1.